The molecule has 3 atom stereocenters. The van der Waals surface area contributed by atoms with Crippen LogP contribution in [-0.2, 0) is 9.59 Å². The van der Waals surface area contributed by atoms with Crippen LogP contribution in [0, 0.1) is 5.41 Å². The first-order chi connectivity index (χ1) is 15.3. The topological polar surface area (TPSA) is 83.4 Å². The minimum atomic E-state index is -1.13. The summed E-state index contributed by atoms with van der Waals surface area (Å²) >= 11 is 12.4. The molecular weight excluding hydrogens is 449 g/mol. The highest BCUT2D eigenvalue weighted by atomic mass is 35.5. The second kappa shape index (κ2) is 8.88. The lowest BCUT2D eigenvalue weighted by molar-refractivity contribution is -0.145. The molecule has 0 radical (unpaired) electrons. The molecule has 1 fully saturated rings. The van der Waals surface area contributed by atoms with E-state index >= 15 is 0 Å². The maximum atomic E-state index is 13.8. The predicted octanol–water partition coefficient (Wildman–Crippen LogP) is 5.53. The van der Waals surface area contributed by atoms with E-state index in [1.165, 1.54) is 6.33 Å². The van der Waals surface area contributed by atoms with Gasteiger partial charge in [0.15, 0.2) is 0 Å². The zero-order chi connectivity index (χ0) is 22.9. The van der Waals surface area contributed by atoms with Crippen LogP contribution < -0.4 is 4.90 Å². The number of benzene rings is 2. The summed E-state index contributed by atoms with van der Waals surface area (Å²) in [6.45, 7) is 1.70. The highest BCUT2D eigenvalue weighted by molar-refractivity contribution is 6.30. The van der Waals surface area contributed by atoms with E-state index in [4.69, 9.17) is 23.2 Å². The van der Waals surface area contributed by atoms with Crippen LogP contribution in [-0.4, -0.2) is 27.0 Å². The molecule has 2 aromatic carbocycles. The average molecular weight is 470 g/mol. The van der Waals surface area contributed by atoms with Gasteiger partial charge in [0.2, 0.25) is 5.91 Å². The molecule has 1 saturated heterocycles. The Kier molecular flexibility index (Phi) is 6.17. The van der Waals surface area contributed by atoms with Crippen molar-refractivity contribution in [3.63, 3.8) is 0 Å². The molecule has 0 bridgehead atoms. The van der Waals surface area contributed by atoms with Crippen LogP contribution in [0.25, 0.3) is 0 Å². The Hall–Kier alpha value is -2.96. The van der Waals surface area contributed by atoms with Crippen LogP contribution in [0.1, 0.15) is 42.9 Å². The summed E-state index contributed by atoms with van der Waals surface area (Å²) in [5, 5.41) is 10.7. The number of nitrogens with zero attached hydrogens (tertiary/aromatic N) is 3. The molecule has 0 unspecified atom stereocenters. The number of carboxylic acid groups (broad SMARTS) is 1. The van der Waals surface area contributed by atoms with Crippen molar-refractivity contribution in [1.29, 1.82) is 0 Å². The first-order valence-corrected chi connectivity index (χ1v) is 10.9. The van der Waals surface area contributed by atoms with Gasteiger partial charge in [0.05, 0.1) is 17.9 Å². The van der Waals surface area contributed by atoms with Gasteiger partial charge in [-0.3, -0.25) is 14.5 Å². The smallest absolute Gasteiger partial charge is 0.304 e. The van der Waals surface area contributed by atoms with E-state index in [1.807, 2.05) is 30.3 Å². The van der Waals surface area contributed by atoms with Gasteiger partial charge in [0, 0.05) is 22.2 Å². The molecule has 3 aromatic rings. The van der Waals surface area contributed by atoms with E-state index in [0.29, 0.717) is 22.3 Å². The minimum Gasteiger partial charge on any atom is -0.481 e. The molecule has 1 aromatic heterocycles. The Morgan fingerprint density at radius 3 is 2.50 bits per heavy atom. The normalized spacial score (nSPS) is 23.2. The molecule has 6 nitrogen and oxygen atoms in total. The average Bonchev–Trinajstić information content (AvgIpc) is 2.76. The molecule has 2 heterocycles. The van der Waals surface area contributed by atoms with Crippen LogP contribution in [0.5, 0.6) is 0 Å². The van der Waals surface area contributed by atoms with Crippen molar-refractivity contribution >= 4 is 40.9 Å². The Morgan fingerprint density at radius 1 is 1.12 bits per heavy atom. The van der Waals surface area contributed by atoms with Gasteiger partial charge in [-0.15, -0.1) is 0 Å². The summed E-state index contributed by atoms with van der Waals surface area (Å²) in [7, 11) is 0. The van der Waals surface area contributed by atoms with Gasteiger partial charge in [-0.05, 0) is 47.9 Å². The number of amides is 1. The van der Waals surface area contributed by atoms with Crippen LogP contribution in [0.4, 0.5) is 5.82 Å². The fourth-order valence-electron chi connectivity index (χ4n) is 4.51. The molecule has 0 spiro atoms. The predicted molar refractivity (Wildman–Crippen MR) is 123 cm³/mol. The van der Waals surface area contributed by atoms with E-state index in [0.717, 1.165) is 11.1 Å². The van der Waals surface area contributed by atoms with Gasteiger partial charge in [-0.1, -0.05) is 54.4 Å². The van der Waals surface area contributed by atoms with Gasteiger partial charge in [-0.25, -0.2) is 9.97 Å². The lowest BCUT2D eigenvalue weighted by Crippen LogP contribution is -2.53. The van der Waals surface area contributed by atoms with Crippen molar-refractivity contribution in [3.8, 4) is 0 Å². The second-order valence-electron chi connectivity index (χ2n) is 8.24. The summed E-state index contributed by atoms with van der Waals surface area (Å²) < 4.78 is 0. The van der Waals surface area contributed by atoms with Crippen LogP contribution in [0.2, 0.25) is 10.0 Å². The van der Waals surface area contributed by atoms with Gasteiger partial charge in [0.1, 0.15) is 12.1 Å². The van der Waals surface area contributed by atoms with Gasteiger partial charge in [-0.2, -0.15) is 0 Å². The number of carbonyl (C=O) groups excluding carboxylic acids is 1. The van der Waals surface area contributed by atoms with Crippen molar-refractivity contribution in [2.45, 2.75) is 31.7 Å². The van der Waals surface area contributed by atoms with E-state index in [9.17, 15) is 14.7 Å². The minimum absolute atomic E-state index is 0.230. The number of hydrogen-bond acceptors (Lipinski definition) is 4. The first-order valence-electron chi connectivity index (χ1n) is 10.1. The Morgan fingerprint density at radius 2 is 1.88 bits per heavy atom. The summed E-state index contributed by atoms with van der Waals surface area (Å²) in [6.07, 6.45) is 2.98. The zero-order valence-electron chi connectivity index (χ0n) is 17.3. The molecule has 4 rings (SSSR count). The third kappa shape index (κ3) is 4.33. The zero-order valence-corrected chi connectivity index (χ0v) is 18.8. The van der Waals surface area contributed by atoms with Crippen molar-refractivity contribution in [1.82, 2.24) is 9.97 Å². The van der Waals surface area contributed by atoms with Gasteiger partial charge >= 0.3 is 5.97 Å². The molecule has 164 valence electrons. The monoisotopic (exact) mass is 469 g/mol. The number of aliphatic carboxylic acids is 1. The largest absolute Gasteiger partial charge is 0.481 e. The molecule has 1 aliphatic rings. The number of aromatic nitrogens is 2. The van der Waals surface area contributed by atoms with Crippen molar-refractivity contribution in [2.24, 2.45) is 5.41 Å². The lowest BCUT2D eigenvalue weighted by Gasteiger charge is -2.48. The number of carbonyl (C=O) groups is 2. The van der Waals surface area contributed by atoms with E-state index in [1.54, 1.807) is 42.3 Å². The number of halogens is 2. The van der Waals surface area contributed by atoms with E-state index in [-0.39, 0.29) is 18.2 Å². The van der Waals surface area contributed by atoms with Crippen molar-refractivity contribution < 1.29 is 14.7 Å². The molecule has 0 aliphatic carbocycles. The second-order valence-corrected chi connectivity index (χ2v) is 9.11. The number of anilines is 1. The summed E-state index contributed by atoms with van der Waals surface area (Å²) in [4.78, 5) is 35.4. The molecule has 32 heavy (non-hydrogen) atoms. The fourth-order valence-corrected chi connectivity index (χ4v) is 4.84. The Labute approximate surface area is 195 Å². The number of rotatable bonds is 5. The van der Waals surface area contributed by atoms with Crippen LogP contribution in [0.3, 0.4) is 0 Å². The molecular formula is C24H21Cl2N3O3. The summed E-state index contributed by atoms with van der Waals surface area (Å²) in [5.74, 6) is -1.14. The summed E-state index contributed by atoms with van der Waals surface area (Å²) in [6, 6.07) is 16.0. The Balaban J connectivity index is 1.94. The number of hydrogen-bond donors (Lipinski definition) is 1. The highest BCUT2D eigenvalue weighted by Crippen LogP contribution is 2.52. The molecule has 1 amide bonds. The SMILES string of the molecule is C[C@@]1(CC(=O)O)C[C@H](c2cccc(Cl)c2)[C@@H](c2ccc(Cl)cc2)N(c2ccncn2)C1=O. The highest BCUT2D eigenvalue weighted by Gasteiger charge is 2.51. The standard InChI is InChI=1S/C24H21Cl2N3O3/c1-24(13-21(30)31)12-19(16-3-2-4-18(26)11-16)22(15-5-7-17(25)8-6-15)29(23(24)32)20-9-10-27-14-28-20/h2-11,14,19,22H,12-13H2,1H3,(H,30,31)/t19-,22-,24+/m1/s1. The van der Waals surface area contributed by atoms with Crippen LogP contribution in [0.15, 0.2) is 67.1 Å². The van der Waals surface area contributed by atoms with Gasteiger partial charge in [0.25, 0.3) is 0 Å². The molecule has 0 saturated carbocycles. The molecule has 8 heteroatoms. The van der Waals surface area contributed by atoms with E-state index < -0.39 is 17.4 Å². The number of piperidine rings is 1. The first kappa shape index (κ1) is 22.2. The maximum Gasteiger partial charge on any atom is 0.304 e. The Bertz CT molecular complexity index is 1140. The van der Waals surface area contributed by atoms with Gasteiger partial charge < -0.3 is 5.11 Å². The molecule has 1 aliphatic heterocycles. The number of carboxylic acids is 1. The molecule has 1 N–H and O–H groups in total. The third-order valence-electron chi connectivity index (χ3n) is 5.91. The van der Waals surface area contributed by atoms with Crippen molar-refractivity contribution in [3.05, 3.63) is 88.3 Å². The van der Waals surface area contributed by atoms with Crippen molar-refractivity contribution in [2.75, 3.05) is 4.90 Å². The summed E-state index contributed by atoms with van der Waals surface area (Å²) in [5.41, 5.74) is 0.650. The lowest BCUT2D eigenvalue weighted by atomic mass is 9.67. The van der Waals surface area contributed by atoms with E-state index in [2.05, 4.69) is 9.97 Å². The maximum absolute atomic E-state index is 13.8. The van der Waals surface area contributed by atoms with Crippen LogP contribution >= 0.6 is 23.2 Å². The quantitative estimate of drug-likeness (QED) is 0.531. The third-order valence-corrected chi connectivity index (χ3v) is 6.39. The fraction of sp³-hybridized carbons (Fsp3) is 0.250.